The van der Waals surface area contributed by atoms with Gasteiger partial charge in [-0.3, -0.25) is 14.4 Å². The second-order valence-electron chi connectivity index (χ2n) is 30.0. The van der Waals surface area contributed by atoms with Crippen molar-refractivity contribution >= 4 is 59.9 Å². The average Bonchev–Trinajstić information content (AvgIpc) is 1.60. The fraction of sp³-hybridized carbons (Fsp3) is 0.423. The van der Waals surface area contributed by atoms with Gasteiger partial charge < -0.3 is 52.1 Å². The fourth-order valence-corrected chi connectivity index (χ4v) is 12.7. The van der Waals surface area contributed by atoms with Gasteiger partial charge in [-0.1, -0.05) is 204 Å². The highest BCUT2D eigenvalue weighted by Crippen LogP contribution is 2.41. The lowest BCUT2D eigenvalue weighted by Crippen LogP contribution is -2.26. The van der Waals surface area contributed by atoms with Gasteiger partial charge in [0.05, 0.1) is 89.2 Å². The van der Waals surface area contributed by atoms with Crippen molar-refractivity contribution in [1.82, 2.24) is 0 Å². The number of esters is 8. The quantitative estimate of drug-likeness (QED) is 0.0223. The second-order valence-corrected chi connectivity index (χ2v) is 30.0. The average molecular weight is 1690 g/mol. The molecule has 0 amide bonds. The lowest BCUT2D eigenvalue weighted by atomic mass is 9.78. The lowest BCUT2D eigenvalue weighted by molar-refractivity contribution is -0.154. The molecule has 19 nitrogen and oxygen atoms in total. The molecule has 19 heteroatoms. The maximum atomic E-state index is 12.0. The molecule has 0 aromatic heterocycles. The first-order valence-corrected chi connectivity index (χ1v) is 43.3. The minimum absolute atomic E-state index is 0.00500. The van der Waals surface area contributed by atoms with E-state index in [4.69, 9.17) is 52.1 Å². The van der Waals surface area contributed by atoms with Gasteiger partial charge in [0.25, 0.3) is 0 Å². The van der Waals surface area contributed by atoms with Crippen molar-refractivity contribution in [1.29, 1.82) is 0 Å². The molecule has 0 aliphatic heterocycles. The molecule has 8 unspecified atom stereocenters. The van der Waals surface area contributed by atoms with Crippen LogP contribution in [0.1, 0.15) is 257 Å². The van der Waals surface area contributed by atoms with Crippen molar-refractivity contribution in [3.63, 3.8) is 0 Å². The van der Waals surface area contributed by atoms with E-state index in [2.05, 4.69) is 92.7 Å². The van der Waals surface area contributed by atoms with Crippen LogP contribution in [-0.2, 0) is 61.9 Å². The summed E-state index contributed by atoms with van der Waals surface area (Å²) in [5.41, 5.74) is 7.67. The molecule has 2 fully saturated rings. The number of methoxy groups -OCH3 is 3. The standard InChI is InChI=1S/C17H24O2.C17H26O2.C16H22O2.C13H16O2.C11H12O2.3C10H12O3/c1-13(2)19-17(18)11-9-14-8-10-16(12-14)15-6-4-3-5-7-15;1-5-14(3)19-17(18)12-11-13(2)15(4)16-9-7-6-8-10-16;1-12(2)18-16(17)15-10-6-9-14(11-15)13-7-4-3-5-8-13;1-3-11(2)15-13(14)10-9-12-7-5-4-6-8-12;1-2-13-11(12)9-8-10-6-4-3-5-7-10;1-3-13-10(11)8-4-6-9(12-2)7-5-8;1-3-13-10(11)8-5-4-6-9(7-8)12-2;1-3-13-10(11)8-6-4-5-7-9(8)12-2/h3-7,13-14,16H,8-12H2,1-2H3;6-10,13-15H,5,11-12H2,1-4H3;3-5,7-8,12,14-15H,6,9-11H2,1-2H3;4-11H,3H2,1-2H3;3-9H,2H2,1H3;3*4-7H,3H2,1-2H3/b;;;10-9+;9-8+;;;. The summed E-state index contributed by atoms with van der Waals surface area (Å²) in [6, 6.07) is 71.7. The largest absolute Gasteiger partial charge is 0.497 e. The van der Waals surface area contributed by atoms with E-state index in [1.165, 1.54) is 61.6 Å². The third kappa shape index (κ3) is 45.7. The summed E-state index contributed by atoms with van der Waals surface area (Å²) < 4.78 is 55.1. The number of hydrogen-bond acceptors (Lipinski definition) is 19. The van der Waals surface area contributed by atoms with Crippen LogP contribution < -0.4 is 14.2 Å². The Kier molecular flexibility index (Phi) is 54.4. The van der Waals surface area contributed by atoms with Gasteiger partial charge in [-0.15, -0.1) is 0 Å². The van der Waals surface area contributed by atoms with E-state index < -0.39 is 0 Å². The van der Waals surface area contributed by atoms with Gasteiger partial charge in [-0.25, -0.2) is 24.0 Å². The summed E-state index contributed by atoms with van der Waals surface area (Å²) >= 11 is 0. The highest BCUT2D eigenvalue weighted by Gasteiger charge is 2.30. The second kappa shape index (κ2) is 63.4. The maximum Gasteiger partial charge on any atom is 0.341 e. The molecule has 10 rings (SSSR count). The van der Waals surface area contributed by atoms with E-state index in [1.54, 1.807) is 121 Å². The van der Waals surface area contributed by atoms with Crippen LogP contribution in [0.5, 0.6) is 17.2 Å². The zero-order chi connectivity index (χ0) is 90.5. The monoisotopic (exact) mass is 1690 g/mol. The number of rotatable bonds is 31. The number of benzene rings is 8. The molecule has 666 valence electrons. The maximum absolute atomic E-state index is 12.0. The highest BCUT2D eigenvalue weighted by molar-refractivity contribution is 5.93. The van der Waals surface area contributed by atoms with Crippen LogP contribution in [0.25, 0.3) is 12.2 Å². The van der Waals surface area contributed by atoms with Gasteiger partial charge in [0, 0.05) is 25.0 Å². The SMILES string of the molecule is CC(C)OC(=O)C1CCCC(c2ccccc2)C1.CC(C)OC(=O)CCC1CCC(c2ccccc2)C1.CCC(C)OC(=O)/C=C/c1ccccc1.CCC(C)OC(=O)CCC(C)C(C)c1ccccc1.CCOC(=O)/C=C/c1ccccc1.CCOC(=O)c1ccc(OC)cc1.CCOC(=O)c1cccc(OC)c1.CCOC(=O)c1ccccc1OC. The van der Waals surface area contributed by atoms with Gasteiger partial charge in [-0.05, 0) is 258 Å². The van der Waals surface area contributed by atoms with Crippen molar-refractivity contribution in [3.05, 3.63) is 281 Å². The number of carbonyl (C=O) groups excluding carboxylic acids is 8. The van der Waals surface area contributed by atoms with Crippen LogP contribution in [0, 0.1) is 17.8 Å². The molecule has 8 atom stereocenters. The third-order valence-corrected chi connectivity index (χ3v) is 19.8. The Morgan fingerprint density at radius 3 is 1.38 bits per heavy atom. The summed E-state index contributed by atoms with van der Waals surface area (Å²) in [5, 5.41) is 0. The molecule has 0 N–H and O–H groups in total. The molecule has 0 radical (unpaired) electrons. The van der Waals surface area contributed by atoms with E-state index in [0.717, 1.165) is 61.8 Å². The van der Waals surface area contributed by atoms with E-state index in [0.29, 0.717) is 97.0 Å². The first kappa shape index (κ1) is 106. The van der Waals surface area contributed by atoms with E-state index >= 15 is 0 Å². The van der Waals surface area contributed by atoms with Gasteiger partial charge in [0.15, 0.2) is 0 Å². The number of para-hydroxylation sites is 1. The smallest absolute Gasteiger partial charge is 0.341 e. The Hall–Kier alpha value is -11.6. The van der Waals surface area contributed by atoms with Crippen LogP contribution in [0.3, 0.4) is 0 Å². The Morgan fingerprint density at radius 2 is 0.870 bits per heavy atom. The topological polar surface area (TPSA) is 238 Å². The summed E-state index contributed by atoms with van der Waals surface area (Å²) in [4.78, 5) is 91.1. The molecule has 0 bridgehead atoms. The van der Waals surface area contributed by atoms with Crippen molar-refractivity contribution in [2.45, 2.75) is 223 Å². The van der Waals surface area contributed by atoms with Crippen LogP contribution in [0.4, 0.5) is 0 Å². The molecular weight excluding hydrogens is 1550 g/mol. The van der Waals surface area contributed by atoms with Crippen LogP contribution in [0.15, 0.2) is 237 Å². The molecule has 123 heavy (non-hydrogen) atoms. The molecule has 2 aliphatic carbocycles. The van der Waals surface area contributed by atoms with Crippen molar-refractivity contribution in [3.8, 4) is 17.2 Å². The molecule has 8 aromatic carbocycles. The molecule has 2 saturated carbocycles. The fourth-order valence-electron chi connectivity index (χ4n) is 12.7. The van der Waals surface area contributed by atoms with Crippen molar-refractivity contribution in [2.24, 2.45) is 17.8 Å². The Balaban J connectivity index is 0.000000365. The first-order valence-electron chi connectivity index (χ1n) is 43.3. The number of hydrogen-bond donors (Lipinski definition) is 0. The molecule has 8 aromatic rings. The molecule has 0 saturated heterocycles. The summed E-state index contributed by atoms with van der Waals surface area (Å²) in [6.45, 7) is 28.6. The summed E-state index contributed by atoms with van der Waals surface area (Å²) in [6.07, 6.45) is 19.0. The van der Waals surface area contributed by atoms with Crippen molar-refractivity contribution < 1.29 is 90.5 Å². The predicted octanol–water partition coefficient (Wildman–Crippen LogP) is 23.7. The lowest BCUT2D eigenvalue weighted by Gasteiger charge is -2.28. The molecular formula is C104H136O19. The van der Waals surface area contributed by atoms with Gasteiger partial charge >= 0.3 is 47.8 Å². The zero-order valence-corrected chi connectivity index (χ0v) is 75.7. The normalized spacial score (nSPS) is 15.0. The van der Waals surface area contributed by atoms with E-state index in [9.17, 15) is 38.4 Å². The van der Waals surface area contributed by atoms with Crippen LogP contribution in [-0.4, -0.2) is 120 Å². The van der Waals surface area contributed by atoms with E-state index in [1.807, 2.05) is 134 Å². The van der Waals surface area contributed by atoms with Gasteiger partial charge in [0.1, 0.15) is 22.8 Å². The Labute approximate surface area is 732 Å². The molecule has 2 aliphatic rings. The van der Waals surface area contributed by atoms with Crippen LogP contribution in [0.2, 0.25) is 0 Å². The summed E-state index contributed by atoms with van der Waals surface area (Å²) in [7, 11) is 4.67. The minimum atomic E-state index is -0.347. The minimum Gasteiger partial charge on any atom is -0.497 e. The highest BCUT2D eigenvalue weighted by atomic mass is 16.6. The summed E-state index contributed by atoms with van der Waals surface area (Å²) in [5.74, 6) is 3.19. The van der Waals surface area contributed by atoms with Crippen LogP contribution >= 0.6 is 0 Å². The molecule has 0 heterocycles. The molecule has 0 spiro atoms. The van der Waals surface area contributed by atoms with Gasteiger partial charge in [0.2, 0.25) is 0 Å². The van der Waals surface area contributed by atoms with Crippen molar-refractivity contribution in [2.75, 3.05) is 47.8 Å². The zero-order valence-electron chi connectivity index (χ0n) is 75.7. The van der Waals surface area contributed by atoms with Gasteiger partial charge in [-0.2, -0.15) is 0 Å². The first-order chi connectivity index (χ1) is 59.2. The third-order valence-electron chi connectivity index (χ3n) is 19.8. The number of ether oxygens (including phenoxy) is 11. The Bertz CT molecular complexity index is 4280. The van der Waals surface area contributed by atoms with E-state index in [-0.39, 0.29) is 78.1 Å². The predicted molar refractivity (Wildman–Crippen MR) is 489 cm³/mol. The number of carbonyl (C=O) groups is 8. The Morgan fingerprint density at radius 1 is 0.398 bits per heavy atom.